The summed E-state index contributed by atoms with van der Waals surface area (Å²) in [5, 5.41) is 18.1. The van der Waals surface area contributed by atoms with Crippen molar-refractivity contribution in [2.45, 2.75) is 19.4 Å². The maximum absolute atomic E-state index is 12.1. The van der Waals surface area contributed by atoms with Crippen molar-refractivity contribution in [3.8, 4) is 0 Å². The normalized spacial score (nSPS) is 13.5. The molecule has 2 aromatic rings. The summed E-state index contributed by atoms with van der Waals surface area (Å²) in [6.45, 7) is 2.67. The summed E-state index contributed by atoms with van der Waals surface area (Å²) < 4.78 is 5.39. The molecule has 1 aliphatic rings. The minimum atomic E-state index is -1.82. The van der Waals surface area contributed by atoms with E-state index in [2.05, 4.69) is 15.3 Å². The molecule has 0 aliphatic carbocycles. The molecule has 1 saturated heterocycles. The van der Waals surface area contributed by atoms with Gasteiger partial charge in [0.05, 0.1) is 0 Å². The molecular formula is C20H24N4O6. The first-order chi connectivity index (χ1) is 14.5. The SMILES string of the molecule is O=C(O)C(=O)O.O=C(OCc1ccccc1)N1CCC(CNc2ccncn2)CC1. The predicted molar refractivity (Wildman–Crippen MR) is 107 cm³/mol. The van der Waals surface area contributed by atoms with Crippen LogP contribution in [0.1, 0.15) is 18.4 Å². The Balaban J connectivity index is 0.000000469. The summed E-state index contributed by atoms with van der Waals surface area (Å²) in [5.74, 6) is -2.27. The number of carbonyl (C=O) groups is 3. The number of aliphatic carboxylic acids is 2. The van der Waals surface area contributed by atoms with Gasteiger partial charge in [0.25, 0.3) is 0 Å². The van der Waals surface area contributed by atoms with Crippen molar-refractivity contribution in [1.29, 1.82) is 0 Å². The highest BCUT2D eigenvalue weighted by Crippen LogP contribution is 2.18. The number of nitrogens with one attached hydrogen (secondary N) is 1. The highest BCUT2D eigenvalue weighted by atomic mass is 16.6. The van der Waals surface area contributed by atoms with E-state index in [1.54, 1.807) is 11.1 Å². The molecule has 1 amide bonds. The summed E-state index contributed by atoms with van der Waals surface area (Å²) in [5.41, 5.74) is 1.01. The summed E-state index contributed by atoms with van der Waals surface area (Å²) in [6.07, 6.45) is 4.98. The van der Waals surface area contributed by atoms with Gasteiger partial charge < -0.3 is 25.2 Å². The van der Waals surface area contributed by atoms with Gasteiger partial charge in [0.2, 0.25) is 0 Å². The first kappa shape index (κ1) is 22.6. The largest absolute Gasteiger partial charge is 0.473 e. The van der Waals surface area contributed by atoms with Crippen LogP contribution >= 0.6 is 0 Å². The molecule has 30 heavy (non-hydrogen) atoms. The predicted octanol–water partition coefficient (Wildman–Crippen LogP) is 2.09. The number of carboxylic acid groups (broad SMARTS) is 2. The second kappa shape index (κ2) is 12.0. The molecule has 10 nitrogen and oxygen atoms in total. The smallest absolute Gasteiger partial charge is 0.414 e. The molecule has 1 aromatic carbocycles. The molecule has 0 saturated carbocycles. The zero-order valence-electron chi connectivity index (χ0n) is 16.3. The van der Waals surface area contributed by atoms with Crippen molar-refractivity contribution in [3.05, 3.63) is 54.5 Å². The second-order valence-electron chi connectivity index (χ2n) is 6.56. The fraction of sp³-hybridized carbons (Fsp3) is 0.350. The van der Waals surface area contributed by atoms with Crippen LogP contribution in [0.15, 0.2) is 48.9 Å². The van der Waals surface area contributed by atoms with Gasteiger partial charge in [-0.1, -0.05) is 30.3 Å². The zero-order valence-corrected chi connectivity index (χ0v) is 16.3. The third-order valence-electron chi connectivity index (χ3n) is 4.41. The molecule has 1 aromatic heterocycles. The van der Waals surface area contributed by atoms with Crippen molar-refractivity contribution in [2.24, 2.45) is 5.92 Å². The zero-order chi connectivity index (χ0) is 21.8. The Morgan fingerprint density at radius 3 is 2.30 bits per heavy atom. The van der Waals surface area contributed by atoms with Crippen LogP contribution in [0.2, 0.25) is 0 Å². The van der Waals surface area contributed by atoms with E-state index in [1.165, 1.54) is 6.33 Å². The fourth-order valence-corrected chi connectivity index (χ4v) is 2.77. The van der Waals surface area contributed by atoms with Crippen LogP contribution < -0.4 is 5.32 Å². The van der Waals surface area contributed by atoms with E-state index in [-0.39, 0.29) is 6.09 Å². The number of amides is 1. The van der Waals surface area contributed by atoms with Crippen LogP contribution in [0.25, 0.3) is 0 Å². The average molecular weight is 416 g/mol. The number of nitrogens with zero attached hydrogens (tertiary/aromatic N) is 3. The molecule has 0 atom stereocenters. The van der Waals surface area contributed by atoms with Gasteiger partial charge in [0.15, 0.2) is 0 Å². The molecule has 0 radical (unpaired) electrons. The van der Waals surface area contributed by atoms with E-state index in [0.29, 0.717) is 12.5 Å². The molecule has 0 bridgehead atoms. The Morgan fingerprint density at radius 2 is 1.73 bits per heavy atom. The molecule has 2 heterocycles. The molecule has 1 aliphatic heterocycles. The number of hydrogen-bond acceptors (Lipinski definition) is 7. The lowest BCUT2D eigenvalue weighted by atomic mass is 9.97. The number of carboxylic acids is 2. The van der Waals surface area contributed by atoms with E-state index < -0.39 is 11.9 Å². The van der Waals surface area contributed by atoms with Crippen molar-refractivity contribution in [3.63, 3.8) is 0 Å². The Kier molecular flexibility index (Phi) is 9.04. The quantitative estimate of drug-likeness (QED) is 0.624. The van der Waals surface area contributed by atoms with Crippen LogP contribution in [0, 0.1) is 5.92 Å². The van der Waals surface area contributed by atoms with Gasteiger partial charge in [-0.15, -0.1) is 0 Å². The number of likely N-dealkylation sites (tertiary alicyclic amines) is 1. The van der Waals surface area contributed by atoms with Crippen LogP contribution in [-0.4, -0.2) is 62.7 Å². The van der Waals surface area contributed by atoms with Gasteiger partial charge in [-0.2, -0.15) is 0 Å². The molecule has 0 unspecified atom stereocenters. The number of benzene rings is 1. The molecule has 1 fully saturated rings. The maximum atomic E-state index is 12.1. The van der Waals surface area contributed by atoms with Crippen LogP contribution in [0.5, 0.6) is 0 Å². The van der Waals surface area contributed by atoms with Crippen LogP contribution in [0.4, 0.5) is 10.6 Å². The van der Waals surface area contributed by atoms with Gasteiger partial charge in [0.1, 0.15) is 18.8 Å². The van der Waals surface area contributed by atoms with Crippen LogP contribution in [0.3, 0.4) is 0 Å². The number of hydrogen-bond donors (Lipinski definition) is 3. The van der Waals surface area contributed by atoms with E-state index in [9.17, 15) is 4.79 Å². The second-order valence-corrected chi connectivity index (χ2v) is 6.56. The standard InChI is InChI=1S/C18H22N4O2.C2H2O4/c23-18(24-13-16-4-2-1-3-5-16)22-10-7-15(8-11-22)12-20-17-6-9-19-14-21-17;3-1(4)2(5)6/h1-6,9,14-15H,7-8,10-13H2,(H,19,20,21);(H,3,4)(H,5,6). The van der Waals surface area contributed by atoms with Gasteiger partial charge in [0, 0.05) is 25.8 Å². The molecule has 3 N–H and O–H groups in total. The Bertz CT molecular complexity index is 799. The minimum absolute atomic E-state index is 0.221. The van der Waals surface area contributed by atoms with Crippen molar-refractivity contribution < 1.29 is 29.3 Å². The molecular weight excluding hydrogens is 392 g/mol. The molecule has 0 spiro atoms. The Morgan fingerprint density at radius 1 is 1.07 bits per heavy atom. The lowest BCUT2D eigenvalue weighted by Crippen LogP contribution is -2.40. The molecule has 160 valence electrons. The number of ether oxygens (including phenoxy) is 1. The number of aromatic nitrogens is 2. The van der Waals surface area contributed by atoms with E-state index in [4.69, 9.17) is 24.5 Å². The minimum Gasteiger partial charge on any atom is -0.473 e. The number of rotatable bonds is 5. The van der Waals surface area contributed by atoms with Gasteiger partial charge >= 0.3 is 18.0 Å². The van der Waals surface area contributed by atoms with E-state index >= 15 is 0 Å². The molecule has 10 heteroatoms. The van der Waals surface area contributed by atoms with Gasteiger partial charge in [-0.25, -0.2) is 24.4 Å². The summed E-state index contributed by atoms with van der Waals surface area (Å²) in [4.78, 5) is 40.2. The monoisotopic (exact) mass is 416 g/mol. The Hall–Kier alpha value is -3.69. The average Bonchev–Trinajstić information content (AvgIpc) is 2.78. The van der Waals surface area contributed by atoms with Crippen molar-refractivity contribution >= 4 is 23.8 Å². The number of piperidine rings is 1. The van der Waals surface area contributed by atoms with Gasteiger partial charge in [-0.3, -0.25) is 0 Å². The highest BCUT2D eigenvalue weighted by Gasteiger charge is 2.23. The van der Waals surface area contributed by atoms with Crippen molar-refractivity contribution in [1.82, 2.24) is 14.9 Å². The lowest BCUT2D eigenvalue weighted by Gasteiger charge is -2.31. The third-order valence-corrected chi connectivity index (χ3v) is 4.41. The van der Waals surface area contributed by atoms with E-state index in [1.807, 2.05) is 36.4 Å². The summed E-state index contributed by atoms with van der Waals surface area (Å²) in [6, 6.07) is 11.6. The third kappa shape index (κ3) is 8.13. The fourth-order valence-electron chi connectivity index (χ4n) is 2.77. The Labute approximate surface area is 173 Å². The first-order valence-electron chi connectivity index (χ1n) is 9.37. The van der Waals surface area contributed by atoms with E-state index in [0.717, 1.165) is 43.9 Å². The van der Waals surface area contributed by atoms with Crippen molar-refractivity contribution in [2.75, 3.05) is 25.0 Å². The highest BCUT2D eigenvalue weighted by molar-refractivity contribution is 6.27. The first-order valence-corrected chi connectivity index (χ1v) is 9.37. The summed E-state index contributed by atoms with van der Waals surface area (Å²) in [7, 11) is 0. The van der Waals surface area contributed by atoms with Crippen LogP contribution in [-0.2, 0) is 20.9 Å². The number of carbonyl (C=O) groups excluding carboxylic acids is 1. The topological polar surface area (TPSA) is 142 Å². The van der Waals surface area contributed by atoms with Gasteiger partial charge in [-0.05, 0) is 30.4 Å². The lowest BCUT2D eigenvalue weighted by molar-refractivity contribution is -0.159. The molecule has 3 rings (SSSR count). The summed E-state index contributed by atoms with van der Waals surface area (Å²) >= 11 is 0. The number of anilines is 1. The maximum Gasteiger partial charge on any atom is 0.414 e.